The molecule has 3 amide bonds. The molecule has 3 aliphatic carbocycles. The van der Waals surface area contributed by atoms with Crippen LogP contribution in [-0.4, -0.2) is 41.2 Å². The van der Waals surface area contributed by atoms with Crippen LogP contribution in [-0.2, 0) is 23.9 Å². The maximum Gasteiger partial charge on any atom is 0.329 e. The van der Waals surface area contributed by atoms with Gasteiger partial charge in [-0.15, -0.1) is 0 Å². The number of amides is 3. The third-order valence-corrected chi connectivity index (χ3v) is 8.44. The summed E-state index contributed by atoms with van der Waals surface area (Å²) in [7, 11) is 0. The number of nitrogens with zero attached hydrogens (tertiary/aromatic N) is 1. The van der Waals surface area contributed by atoms with Crippen molar-refractivity contribution in [3.63, 3.8) is 0 Å². The second-order valence-electron chi connectivity index (χ2n) is 10.4. The Morgan fingerprint density at radius 3 is 1.82 bits per heavy atom. The Labute approximate surface area is 220 Å². The summed E-state index contributed by atoms with van der Waals surface area (Å²) < 4.78 is 5.27. The Hall–Kier alpha value is -4.26. The van der Waals surface area contributed by atoms with Gasteiger partial charge >= 0.3 is 5.97 Å². The summed E-state index contributed by atoms with van der Waals surface area (Å²) in [5, 5.41) is 2.75. The molecule has 0 aromatic heterocycles. The summed E-state index contributed by atoms with van der Waals surface area (Å²) in [6, 6.07) is 20.4. The van der Waals surface area contributed by atoms with Crippen LogP contribution in [0.4, 0.5) is 5.69 Å². The Morgan fingerprint density at radius 2 is 1.32 bits per heavy atom. The minimum Gasteiger partial charge on any atom is -0.454 e. The summed E-state index contributed by atoms with van der Waals surface area (Å²) in [6.45, 7) is 4.81. The van der Waals surface area contributed by atoms with E-state index in [1.165, 1.54) is 6.92 Å². The van der Waals surface area contributed by atoms with Crippen molar-refractivity contribution in [2.45, 2.75) is 38.6 Å². The van der Waals surface area contributed by atoms with Gasteiger partial charge in [0.15, 0.2) is 6.61 Å². The van der Waals surface area contributed by atoms with Crippen molar-refractivity contribution >= 4 is 29.4 Å². The van der Waals surface area contributed by atoms with Crippen molar-refractivity contribution in [1.82, 2.24) is 4.90 Å². The van der Waals surface area contributed by atoms with Gasteiger partial charge in [0.1, 0.15) is 6.04 Å². The number of anilines is 1. The summed E-state index contributed by atoms with van der Waals surface area (Å²) in [5.74, 6) is -3.62. The van der Waals surface area contributed by atoms with E-state index in [0.29, 0.717) is 5.69 Å². The molecule has 38 heavy (non-hydrogen) atoms. The molecule has 0 saturated carbocycles. The maximum atomic E-state index is 13.8. The Kier molecular flexibility index (Phi) is 5.67. The number of rotatable bonds is 5. The van der Waals surface area contributed by atoms with E-state index < -0.39 is 36.4 Å². The molecule has 4 aliphatic rings. The number of aryl methyl sites for hydroxylation is 1. The Morgan fingerprint density at radius 1 is 0.816 bits per heavy atom. The average molecular weight is 509 g/mol. The molecule has 0 spiro atoms. The second kappa shape index (κ2) is 8.94. The predicted molar refractivity (Wildman–Crippen MR) is 140 cm³/mol. The lowest BCUT2D eigenvalue weighted by atomic mass is 9.55. The van der Waals surface area contributed by atoms with Gasteiger partial charge in [-0.1, -0.05) is 60.7 Å². The van der Waals surface area contributed by atoms with Gasteiger partial charge in [-0.3, -0.25) is 19.3 Å². The summed E-state index contributed by atoms with van der Waals surface area (Å²) >= 11 is 0. The van der Waals surface area contributed by atoms with Crippen molar-refractivity contribution in [3.8, 4) is 0 Å². The third kappa shape index (κ3) is 3.49. The molecule has 7 nitrogen and oxygen atoms in total. The number of esters is 1. The van der Waals surface area contributed by atoms with Crippen molar-refractivity contribution in [2.75, 3.05) is 11.9 Å². The lowest BCUT2D eigenvalue weighted by molar-refractivity contribution is -0.159. The van der Waals surface area contributed by atoms with Crippen LogP contribution in [0.2, 0.25) is 0 Å². The van der Waals surface area contributed by atoms with E-state index in [9.17, 15) is 19.2 Å². The SMILES string of the molecule is Cc1cccc(NC(=O)COC(=O)[C@H](C)N2C(=O)[C@@H]3C4c5ccccc5C(c5ccccc54)[C@H]3C2=O)c1C. The third-order valence-electron chi connectivity index (χ3n) is 8.44. The van der Waals surface area contributed by atoms with Crippen LogP contribution in [0.25, 0.3) is 0 Å². The molecule has 1 N–H and O–H groups in total. The number of hydrogen-bond donors (Lipinski definition) is 1. The molecule has 1 saturated heterocycles. The molecule has 0 unspecified atom stereocenters. The number of benzene rings is 3. The van der Waals surface area contributed by atoms with E-state index in [-0.39, 0.29) is 23.7 Å². The van der Waals surface area contributed by atoms with Crippen molar-refractivity contribution in [2.24, 2.45) is 11.8 Å². The van der Waals surface area contributed by atoms with Crippen LogP contribution in [0.15, 0.2) is 66.7 Å². The number of hydrogen-bond acceptors (Lipinski definition) is 5. The van der Waals surface area contributed by atoms with Crippen molar-refractivity contribution < 1.29 is 23.9 Å². The predicted octanol–water partition coefficient (Wildman–Crippen LogP) is 4.07. The molecule has 192 valence electrons. The van der Waals surface area contributed by atoms with E-state index in [2.05, 4.69) is 5.32 Å². The highest BCUT2D eigenvalue weighted by Crippen LogP contribution is 2.61. The highest BCUT2D eigenvalue weighted by Gasteiger charge is 2.62. The normalized spacial score (nSPS) is 23.4. The molecule has 1 fully saturated rings. The summed E-state index contributed by atoms with van der Waals surface area (Å²) in [6.07, 6.45) is 0. The molecule has 7 heteroatoms. The van der Waals surface area contributed by atoms with E-state index in [1.807, 2.05) is 74.5 Å². The molecule has 1 aliphatic heterocycles. The van der Waals surface area contributed by atoms with Crippen LogP contribution in [0, 0.1) is 25.7 Å². The largest absolute Gasteiger partial charge is 0.454 e. The van der Waals surface area contributed by atoms with E-state index in [4.69, 9.17) is 4.74 Å². The molecule has 2 bridgehead atoms. The molecule has 7 rings (SSSR count). The van der Waals surface area contributed by atoms with E-state index in [0.717, 1.165) is 38.3 Å². The number of nitrogens with one attached hydrogen (secondary N) is 1. The van der Waals surface area contributed by atoms with Gasteiger partial charge < -0.3 is 10.1 Å². The fourth-order valence-corrected chi connectivity index (χ4v) is 6.52. The van der Waals surface area contributed by atoms with Gasteiger partial charge in [-0.05, 0) is 60.2 Å². The first-order valence-electron chi connectivity index (χ1n) is 12.9. The quantitative estimate of drug-likeness (QED) is 0.414. The standard InChI is InChI=1S/C31H28N2O5/c1-16-9-8-14-23(17(16)2)32-24(34)15-38-31(37)18(3)33-29(35)27-25-19-10-4-5-11-20(19)26(28(27)30(33)36)22-13-7-6-12-21(22)25/h4-14,18,25-28H,15H2,1-3H3,(H,32,34)/t18-,25?,26?,27+,28+/m0/s1. The molecular weight excluding hydrogens is 480 g/mol. The first kappa shape index (κ1) is 24.1. The van der Waals surface area contributed by atoms with Crippen LogP contribution in [0.3, 0.4) is 0 Å². The number of imide groups is 1. The fraction of sp³-hybridized carbons (Fsp3) is 0.290. The monoisotopic (exact) mass is 508 g/mol. The average Bonchev–Trinajstić information content (AvgIpc) is 3.19. The van der Waals surface area contributed by atoms with Crippen LogP contribution < -0.4 is 5.32 Å². The van der Waals surface area contributed by atoms with Gasteiger partial charge in [0.25, 0.3) is 5.91 Å². The zero-order valence-corrected chi connectivity index (χ0v) is 21.4. The first-order chi connectivity index (χ1) is 18.3. The van der Waals surface area contributed by atoms with E-state index in [1.54, 1.807) is 6.07 Å². The van der Waals surface area contributed by atoms with E-state index >= 15 is 0 Å². The molecule has 3 atom stereocenters. The maximum absolute atomic E-state index is 13.8. The lowest BCUT2D eigenvalue weighted by Gasteiger charge is -2.45. The van der Waals surface area contributed by atoms with Crippen LogP contribution in [0.5, 0.6) is 0 Å². The zero-order valence-electron chi connectivity index (χ0n) is 21.4. The van der Waals surface area contributed by atoms with Gasteiger partial charge in [0.2, 0.25) is 11.8 Å². The van der Waals surface area contributed by atoms with Gasteiger partial charge in [0.05, 0.1) is 11.8 Å². The van der Waals surface area contributed by atoms with Gasteiger partial charge in [-0.2, -0.15) is 0 Å². The highest BCUT2D eigenvalue weighted by atomic mass is 16.5. The Bertz CT molecular complexity index is 1400. The minimum absolute atomic E-state index is 0.245. The van der Waals surface area contributed by atoms with Crippen molar-refractivity contribution in [3.05, 3.63) is 100 Å². The van der Waals surface area contributed by atoms with Crippen LogP contribution in [0.1, 0.15) is 52.1 Å². The second-order valence-corrected chi connectivity index (χ2v) is 10.4. The number of ether oxygens (including phenoxy) is 1. The lowest BCUT2D eigenvalue weighted by Crippen LogP contribution is -2.45. The van der Waals surface area contributed by atoms with Crippen molar-refractivity contribution in [1.29, 1.82) is 0 Å². The van der Waals surface area contributed by atoms with Crippen LogP contribution >= 0.6 is 0 Å². The Balaban J connectivity index is 1.21. The summed E-state index contributed by atoms with van der Waals surface area (Å²) in [4.78, 5) is 54.1. The van der Waals surface area contributed by atoms with Gasteiger partial charge in [-0.25, -0.2) is 4.79 Å². The molecule has 3 aromatic rings. The number of carbonyl (C=O) groups excluding carboxylic acids is 4. The smallest absolute Gasteiger partial charge is 0.329 e. The fourth-order valence-electron chi connectivity index (χ4n) is 6.52. The molecule has 1 heterocycles. The molecule has 3 aromatic carbocycles. The minimum atomic E-state index is -1.14. The molecular formula is C31H28N2O5. The molecule has 0 radical (unpaired) electrons. The topological polar surface area (TPSA) is 92.8 Å². The highest BCUT2D eigenvalue weighted by molar-refractivity contribution is 6.10. The summed E-state index contributed by atoms with van der Waals surface area (Å²) in [5.41, 5.74) is 6.87. The first-order valence-corrected chi connectivity index (χ1v) is 12.9. The zero-order chi connectivity index (χ0) is 26.7. The number of carbonyl (C=O) groups is 4. The van der Waals surface area contributed by atoms with Gasteiger partial charge in [0, 0.05) is 17.5 Å². The number of likely N-dealkylation sites (tertiary alicyclic amines) is 1.